The van der Waals surface area contributed by atoms with Crippen LogP contribution < -0.4 is 5.73 Å². The Morgan fingerprint density at radius 2 is 2.12 bits per heavy atom. The average molecular weight is 245 g/mol. The first-order valence-corrected chi connectivity index (χ1v) is 5.06. The molecule has 0 spiro atoms. The summed E-state index contributed by atoms with van der Waals surface area (Å²) in [5.74, 6) is 0. The lowest BCUT2D eigenvalue weighted by molar-refractivity contribution is -0.385. The van der Waals surface area contributed by atoms with Gasteiger partial charge in [0.05, 0.1) is 4.92 Å². The number of halogens is 1. The monoisotopic (exact) mass is 244 g/mol. The van der Waals surface area contributed by atoms with Crippen molar-refractivity contribution in [3.63, 3.8) is 0 Å². The van der Waals surface area contributed by atoms with Crippen molar-refractivity contribution in [2.75, 3.05) is 0 Å². The second kappa shape index (κ2) is 6.45. The summed E-state index contributed by atoms with van der Waals surface area (Å²) < 4.78 is 0. The van der Waals surface area contributed by atoms with Crippen molar-refractivity contribution in [3.05, 3.63) is 39.4 Å². The molecule has 0 amide bonds. The Hall–Kier alpha value is -1.13. The van der Waals surface area contributed by atoms with Gasteiger partial charge in [0.2, 0.25) is 0 Å². The third-order valence-corrected chi connectivity index (χ3v) is 2.46. The molecule has 0 aliphatic heterocycles. The molecule has 0 fully saturated rings. The van der Waals surface area contributed by atoms with Crippen molar-refractivity contribution in [2.45, 2.75) is 32.7 Å². The van der Waals surface area contributed by atoms with Crippen LogP contribution in [0, 0.1) is 17.0 Å². The Kier molecular flexibility index (Phi) is 6.00. The Bertz CT molecular complexity index is 369. The van der Waals surface area contributed by atoms with E-state index < -0.39 is 0 Å². The molecule has 1 aromatic rings. The largest absolute Gasteiger partial charge is 0.324 e. The first-order valence-electron chi connectivity index (χ1n) is 5.06. The highest BCUT2D eigenvalue weighted by Crippen LogP contribution is 2.24. The molecule has 0 saturated carbocycles. The van der Waals surface area contributed by atoms with Crippen LogP contribution in [0.2, 0.25) is 0 Å². The molecule has 90 valence electrons. The van der Waals surface area contributed by atoms with Gasteiger partial charge < -0.3 is 5.73 Å². The van der Waals surface area contributed by atoms with Crippen LogP contribution >= 0.6 is 12.4 Å². The maximum absolute atomic E-state index is 10.7. The molecule has 0 bridgehead atoms. The first-order chi connectivity index (χ1) is 7.06. The second-order valence-electron chi connectivity index (χ2n) is 3.70. The molecule has 0 aromatic heterocycles. The van der Waals surface area contributed by atoms with E-state index in [2.05, 4.69) is 0 Å². The molecule has 2 N–H and O–H groups in total. The minimum absolute atomic E-state index is 0. The van der Waals surface area contributed by atoms with Crippen molar-refractivity contribution in [1.29, 1.82) is 0 Å². The van der Waals surface area contributed by atoms with Gasteiger partial charge in [0.25, 0.3) is 5.69 Å². The number of rotatable bonds is 4. The van der Waals surface area contributed by atoms with E-state index in [4.69, 9.17) is 5.73 Å². The predicted molar refractivity (Wildman–Crippen MR) is 66.9 cm³/mol. The molecule has 0 saturated heterocycles. The van der Waals surface area contributed by atoms with Crippen LogP contribution in [0.5, 0.6) is 0 Å². The highest BCUT2D eigenvalue weighted by molar-refractivity contribution is 5.85. The topological polar surface area (TPSA) is 69.2 Å². The number of hydrogen-bond acceptors (Lipinski definition) is 3. The molecule has 1 atom stereocenters. The summed E-state index contributed by atoms with van der Waals surface area (Å²) in [4.78, 5) is 10.4. The third kappa shape index (κ3) is 3.47. The Morgan fingerprint density at radius 1 is 1.50 bits per heavy atom. The fourth-order valence-electron chi connectivity index (χ4n) is 1.53. The van der Waals surface area contributed by atoms with Gasteiger partial charge in [-0.1, -0.05) is 25.5 Å². The quantitative estimate of drug-likeness (QED) is 0.654. The van der Waals surface area contributed by atoms with Gasteiger partial charge in [0.15, 0.2) is 0 Å². The SMILES string of the molecule is CCC[C@@H](N)c1ccc(C)c([N+](=O)[O-])c1.Cl. The summed E-state index contributed by atoms with van der Waals surface area (Å²) in [7, 11) is 0. The van der Waals surface area contributed by atoms with E-state index in [1.165, 1.54) is 0 Å². The summed E-state index contributed by atoms with van der Waals surface area (Å²) in [6.07, 6.45) is 1.82. The smallest absolute Gasteiger partial charge is 0.272 e. The van der Waals surface area contributed by atoms with Crippen molar-refractivity contribution in [3.8, 4) is 0 Å². The molecular weight excluding hydrogens is 228 g/mol. The van der Waals surface area contributed by atoms with Gasteiger partial charge >= 0.3 is 0 Å². The molecule has 0 unspecified atom stereocenters. The fraction of sp³-hybridized carbons (Fsp3) is 0.455. The number of hydrogen-bond donors (Lipinski definition) is 1. The van der Waals surface area contributed by atoms with Crippen LogP contribution in [0.4, 0.5) is 5.69 Å². The van der Waals surface area contributed by atoms with Gasteiger partial charge in [-0.15, -0.1) is 12.4 Å². The number of nitro benzene ring substituents is 1. The molecule has 0 aliphatic carbocycles. The second-order valence-corrected chi connectivity index (χ2v) is 3.70. The highest BCUT2D eigenvalue weighted by atomic mass is 35.5. The van der Waals surface area contributed by atoms with E-state index in [-0.39, 0.29) is 29.1 Å². The lowest BCUT2D eigenvalue weighted by Crippen LogP contribution is -2.10. The zero-order valence-corrected chi connectivity index (χ0v) is 10.3. The third-order valence-electron chi connectivity index (χ3n) is 2.46. The molecule has 4 nitrogen and oxygen atoms in total. The molecule has 1 aromatic carbocycles. The van der Waals surface area contributed by atoms with E-state index in [9.17, 15) is 10.1 Å². The van der Waals surface area contributed by atoms with Crippen LogP contribution in [-0.4, -0.2) is 4.92 Å². The molecule has 5 heteroatoms. The number of nitrogens with two attached hydrogens (primary N) is 1. The Labute approximate surface area is 101 Å². The van der Waals surface area contributed by atoms with Gasteiger partial charge in [-0.25, -0.2) is 0 Å². The van der Waals surface area contributed by atoms with Gasteiger partial charge in [-0.05, 0) is 18.9 Å². The van der Waals surface area contributed by atoms with Crippen molar-refractivity contribution in [2.24, 2.45) is 5.73 Å². The number of nitro groups is 1. The van der Waals surface area contributed by atoms with E-state index in [0.717, 1.165) is 18.4 Å². The average Bonchev–Trinajstić information content (AvgIpc) is 2.18. The standard InChI is InChI=1S/C11H16N2O2.ClH/c1-3-4-10(12)9-6-5-8(2)11(7-9)13(14)15;/h5-7,10H,3-4,12H2,1-2H3;1H/t10-;/m1./s1. The van der Waals surface area contributed by atoms with Gasteiger partial charge in [-0.2, -0.15) is 0 Å². The zero-order valence-electron chi connectivity index (χ0n) is 9.47. The van der Waals surface area contributed by atoms with Crippen LogP contribution in [0.1, 0.15) is 36.9 Å². The van der Waals surface area contributed by atoms with E-state index >= 15 is 0 Å². The fourth-order valence-corrected chi connectivity index (χ4v) is 1.53. The molecule has 0 aliphatic rings. The van der Waals surface area contributed by atoms with Gasteiger partial charge in [-0.3, -0.25) is 10.1 Å². The van der Waals surface area contributed by atoms with Crippen LogP contribution in [-0.2, 0) is 0 Å². The highest BCUT2D eigenvalue weighted by Gasteiger charge is 2.13. The van der Waals surface area contributed by atoms with Crippen molar-refractivity contribution < 1.29 is 4.92 Å². The summed E-state index contributed by atoms with van der Waals surface area (Å²) in [6.45, 7) is 3.77. The van der Waals surface area contributed by atoms with Crippen LogP contribution in [0.25, 0.3) is 0 Å². The number of benzene rings is 1. The lowest BCUT2D eigenvalue weighted by atomic mass is 10.0. The maximum atomic E-state index is 10.7. The Balaban J connectivity index is 0.00000225. The number of aryl methyl sites for hydroxylation is 1. The summed E-state index contributed by atoms with van der Waals surface area (Å²) in [6, 6.07) is 5.09. The summed E-state index contributed by atoms with van der Waals surface area (Å²) >= 11 is 0. The normalized spacial score (nSPS) is 11.7. The summed E-state index contributed by atoms with van der Waals surface area (Å²) in [5, 5.41) is 10.7. The molecule has 0 radical (unpaired) electrons. The van der Waals surface area contributed by atoms with E-state index in [1.54, 1.807) is 19.1 Å². The van der Waals surface area contributed by atoms with Crippen LogP contribution in [0.3, 0.4) is 0 Å². The number of nitrogens with zero attached hydrogens (tertiary/aromatic N) is 1. The van der Waals surface area contributed by atoms with E-state index in [1.807, 2.05) is 13.0 Å². The van der Waals surface area contributed by atoms with Gasteiger partial charge in [0.1, 0.15) is 0 Å². The van der Waals surface area contributed by atoms with E-state index in [0.29, 0.717) is 5.56 Å². The summed E-state index contributed by atoms with van der Waals surface area (Å²) in [5.41, 5.74) is 7.57. The van der Waals surface area contributed by atoms with Crippen LogP contribution in [0.15, 0.2) is 18.2 Å². The predicted octanol–water partition coefficient (Wildman–Crippen LogP) is 3.12. The minimum atomic E-state index is -0.364. The van der Waals surface area contributed by atoms with Crippen molar-refractivity contribution >= 4 is 18.1 Å². The molecule has 0 heterocycles. The lowest BCUT2D eigenvalue weighted by Gasteiger charge is -2.10. The zero-order chi connectivity index (χ0) is 11.4. The first kappa shape index (κ1) is 14.9. The molecule has 1 rings (SSSR count). The van der Waals surface area contributed by atoms with Crippen molar-refractivity contribution in [1.82, 2.24) is 0 Å². The molecule has 16 heavy (non-hydrogen) atoms. The molecular formula is C11H17ClN2O2. The Morgan fingerprint density at radius 3 is 2.62 bits per heavy atom. The maximum Gasteiger partial charge on any atom is 0.272 e. The van der Waals surface area contributed by atoms with Gasteiger partial charge in [0, 0.05) is 17.7 Å². The minimum Gasteiger partial charge on any atom is -0.324 e.